The minimum Gasteiger partial charge on any atom is -0.394 e. The molecular formula is C15H21N3O2S. The zero-order valence-corrected chi connectivity index (χ0v) is 13.4. The van der Waals surface area contributed by atoms with E-state index in [1.807, 2.05) is 35.9 Å². The number of hydrogen-bond donors (Lipinski definition) is 2. The summed E-state index contributed by atoms with van der Waals surface area (Å²) in [5.41, 5.74) is 2.49. The van der Waals surface area contributed by atoms with E-state index in [2.05, 4.69) is 10.3 Å². The maximum atomic E-state index is 11.8. The van der Waals surface area contributed by atoms with Crippen molar-refractivity contribution in [1.82, 2.24) is 14.7 Å². The van der Waals surface area contributed by atoms with Crippen molar-refractivity contribution in [2.75, 3.05) is 12.4 Å². The zero-order valence-electron chi connectivity index (χ0n) is 12.6. The average Bonchev–Trinajstić information content (AvgIpc) is 2.80. The van der Waals surface area contributed by atoms with Crippen LogP contribution in [0.1, 0.15) is 25.1 Å². The van der Waals surface area contributed by atoms with Crippen LogP contribution in [-0.4, -0.2) is 38.3 Å². The number of aryl methyl sites for hydroxylation is 1. The van der Waals surface area contributed by atoms with Crippen molar-refractivity contribution < 1.29 is 9.90 Å². The summed E-state index contributed by atoms with van der Waals surface area (Å²) in [4.78, 5) is 16.3. The molecule has 2 N–H and O–H groups in total. The molecule has 0 saturated heterocycles. The minimum absolute atomic E-state index is 0.0707. The second-order valence-electron chi connectivity index (χ2n) is 5.79. The molecule has 2 heterocycles. The molecule has 0 bridgehead atoms. The van der Waals surface area contributed by atoms with Gasteiger partial charge in [-0.25, -0.2) is 4.98 Å². The Morgan fingerprint density at radius 2 is 2.19 bits per heavy atom. The predicted octanol–water partition coefficient (Wildman–Crippen LogP) is 1.76. The molecule has 6 heteroatoms. The average molecular weight is 307 g/mol. The van der Waals surface area contributed by atoms with Gasteiger partial charge in [0, 0.05) is 18.1 Å². The van der Waals surface area contributed by atoms with E-state index in [0.29, 0.717) is 11.5 Å². The number of hydrogen-bond acceptors (Lipinski definition) is 4. The van der Waals surface area contributed by atoms with Gasteiger partial charge in [0.1, 0.15) is 5.65 Å². The number of imidazole rings is 1. The first-order valence-corrected chi connectivity index (χ1v) is 7.99. The van der Waals surface area contributed by atoms with Gasteiger partial charge in [-0.15, -0.1) is 11.8 Å². The topological polar surface area (TPSA) is 66.6 Å². The normalized spacial score (nSPS) is 11.8. The van der Waals surface area contributed by atoms with E-state index in [0.717, 1.165) is 11.3 Å². The van der Waals surface area contributed by atoms with Gasteiger partial charge in [0.15, 0.2) is 0 Å². The van der Waals surface area contributed by atoms with Crippen LogP contribution < -0.4 is 5.32 Å². The molecule has 1 amide bonds. The van der Waals surface area contributed by atoms with E-state index >= 15 is 0 Å². The van der Waals surface area contributed by atoms with Crippen molar-refractivity contribution in [2.45, 2.75) is 32.1 Å². The van der Waals surface area contributed by atoms with Gasteiger partial charge in [-0.05, 0) is 32.4 Å². The molecule has 0 aliphatic rings. The maximum Gasteiger partial charge on any atom is 0.230 e. The van der Waals surface area contributed by atoms with E-state index in [-0.39, 0.29) is 12.5 Å². The predicted molar refractivity (Wildman–Crippen MR) is 85.4 cm³/mol. The van der Waals surface area contributed by atoms with Gasteiger partial charge in [-0.3, -0.25) is 4.79 Å². The Kier molecular flexibility index (Phi) is 4.90. The highest BCUT2D eigenvalue weighted by Gasteiger charge is 2.18. The van der Waals surface area contributed by atoms with E-state index in [1.165, 1.54) is 17.3 Å². The summed E-state index contributed by atoms with van der Waals surface area (Å²) in [6.07, 6.45) is 4.03. The van der Waals surface area contributed by atoms with Crippen molar-refractivity contribution in [3.05, 3.63) is 35.8 Å². The fourth-order valence-electron chi connectivity index (χ4n) is 1.93. The molecule has 21 heavy (non-hydrogen) atoms. The molecular weight excluding hydrogens is 286 g/mol. The van der Waals surface area contributed by atoms with Gasteiger partial charge in [-0.1, -0.05) is 6.07 Å². The number of fused-ring (bicyclic) bond motifs is 1. The quantitative estimate of drug-likeness (QED) is 0.853. The smallest absolute Gasteiger partial charge is 0.230 e. The van der Waals surface area contributed by atoms with Crippen LogP contribution in [0.5, 0.6) is 0 Å². The van der Waals surface area contributed by atoms with Crippen LogP contribution >= 0.6 is 11.8 Å². The molecule has 0 saturated carbocycles. The molecule has 0 atom stereocenters. The second kappa shape index (κ2) is 6.49. The molecule has 0 spiro atoms. The Labute approximate surface area is 128 Å². The van der Waals surface area contributed by atoms with Gasteiger partial charge in [0.2, 0.25) is 5.91 Å². The molecule has 0 fully saturated rings. The van der Waals surface area contributed by atoms with Gasteiger partial charge < -0.3 is 14.8 Å². The Morgan fingerprint density at radius 1 is 1.43 bits per heavy atom. The van der Waals surface area contributed by atoms with Gasteiger partial charge >= 0.3 is 0 Å². The van der Waals surface area contributed by atoms with Crippen LogP contribution in [0, 0.1) is 6.92 Å². The number of aliphatic hydroxyl groups is 1. The molecule has 5 nitrogen and oxygen atoms in total. The Morgan fingerprint density at radius 3 is 2.90 bits per heavy atom. The van der Waals surface area contributed by atoms with Crippen LogP contribution in [0.15, 0.2) is 24.5 Å². The lowest BCUT2D eigenvalue weighted by atomic mass is 10.1. The molecule has 0 aliphatic heterocycles. The third-order valence-electron chi connectivity index (χ3n) is 3.01. The van der Waals surface area contributed by atoms with Crippen molar-refractivity contribution in [2.24, 2.45) is 0 Å². The van der Waals surface area contributed by atoms with Crippen molar-refractivity contribution >= 4 is 23.3 Å². The Bertz CT molecular complexity index is 637. The number of carbonyl (C=O) groups is 1. The number of nitrogens with zero attached hydrogens (tertiary/aromatic N) is 2. The summed E-state index contributed by atoms with van der Waals surface area (Å²) in [7, 11) is 0. The van der Waals surface area contributed by atoms with E-state index in [4.69, 9.17) is 5.11 Å². The van der Waals surface area contributed by atoms with E-state index < -0.39 is 5.54 Å². The fraction of sp³-hybridized carbons (Fsp3) is 0.467. The molecule has 0 aromatic carbocycles. The number of rotatable bonds is 6. The first-order chi connectivity index (χ1) is 9.89. The number of aliphatic hydroxyl groups excluding tert-OH is 1. The molecule has 0 aliphatic carbocycles. The van der Waals surface area contributed by atoms with Crippen LogP contribution in [0.4, 0.5) is 0 Å². The lowest BCUT2D eigenvalue weighted by Gasteiger charge is -2.23. The zero-order chi connectivity index (χ0) is 15.5. The van der Waals surface area contributed by atoms with E-state index in [9.17, 15) is 4.79 Å². The number of pyridine rings is 1. The van der Waals surface area contributed by atoms with Crippen molar-refractivity contribution in [1.29, 1.82) is 0 Å². The summed E-state index contributed by atoms with van der Waals surface area (Å²) >= 11 is 1.52. The summed E-state index contributed by atoms with van der Waals surface area (Å²) in [6, 6.07) is 4.02. The minimum atomic E-state index is -0.571. The lowest BCUT2D eigenvalue weighted by Crippen LogP contribution is -2.47. The highest BCUT2D eigenvalue weighted by Crippen LogP contribution is 2.14. The maximum absolute atomic E-state index is 11.8. The van der Waals surface area contributed by atoms with Crippen LogP contribution in [0.25, 0.3) is 5.65 Å². The monoisotopic (exact) mass is 307 g/mol. The summed E-state index contributed by atoms with van der Waals surface area (Å²) in [5.74, 6) is 0.975. The third-order valence-corrected chi connectivity index (χ3v) is 3.97. The number of amides is 1. The highest BCUT2D eigenvalue weighted by molar-refractivity contribution is 7.99. The summed E-state index contributed by atoms with van der Waals surface area (Å²) in [5, 5.41) is 11.9. The van der Waals surface area contributed by atoms with Crippen LogP contribution in [-0.2, 0) is 10.5 Å². The first kappa shape index (κ1) is 15.9. The summed E-state index contributed by atoms with van der Waals surface area (Å²) in [6.45, 7) is 5.55. The standard InChI is InChI=1S/C15H21N3O2S/c1-11-4-5-13-16-12(7-18(13)6-11)8-21-9-14(20)17-15(2,3)10-19/h4-7,19H,8-10H2,1-3H3,(H,17,20). The second-order valence-corrected chi connectivity index (χ2v) is 6.77. The third kappa shape index (κ3) is 4.47. The van der Waals surface area contributed by atoms with E-state index in [1.54, 1.807) is 13.8 Å². The fourth-order valence-corrected chi connectivity index (χ4v) is 2.63. The Balaban J connectivity index is 1.86. The van der Waals surface area contributed by atoms with Gasteiger partial charge in [0.25, 0.3) is 0 Å². The molecule has 0 radical (unpaired) electrons. The highest BCUT2D eigenvalue weighted by atomic mass is 32.2. The van der Waals surface area contributed by atoms with Gasteiger partial charge in [-0.2, -0.15) is 0 Å². The van der Waals surface area contributed by atoms with Crippen molar-refractivity contribution in [3.63, 3.8) is 0 Å². The molecule has 2 aromatic rings. The summed E-state index contributed by atoms with van der Waals surface area (Å²) < 4.78 is 2.00. The molecule has 2 rings (SSSR count). The molecule has 2 aromatic heterocycles. The lowest BCUT2D eigenvalue weighted by molar-refractivity contribution is -0.120. The van der Waals surface area contributed by atoms with Crippen LogP contribution in [0.2, 0.25) is 0 Å². The van der Waals surface area contributed by atoms with Gasteiger partial charge in [0.05, 0.1) is 23.6 Å². The van der Waals surface area contributed by atoms with Crippen LogP contribution in [0.3, 0.4) is 0 Å². The molecule has 114 valence electrons. The first-order valence-electron chi connectivity index (χ1n) is 6.83. The SMILES string of the molecule is Cc1ccc2nc(CSCC(=O)NC(C)(C)CO)cn2c1. The van der Waals surface area contributed by atoms with Crippen molar-refractivity contribution in [3.8, 4) is 0 Å². The number of nitrogens with one attached hydrogen (secondary N) is 1. The number of aromatic nitrogens is 2. The molecule has 0 unspecified atom stereocenters. The number of carbonyl (C=O) groups excluding carboxylic acids is 1. The Hall–Kier alpha value is -1.53. The number of thioether (sulfide) groups is 1. The largest absolute Gasteiger partial charge is 0.394 e.